The molecule has 1 aliphatic carbocycles. The third-order valence-electron chi connectivity index (χ3n) is 3.13. The maximum atomic E-state index is 11.6. The molecule has 2 heterocycles. The zero-order chi connectivity index (χ0) is 13.2. The molecule has 1 fully saturated rings. The maximum absolute atomic E-state index is 11.6. The Morgan fingerprint density at radius 1 is 1.37 bits per heavy atom. The van der Waals surface area contributed by atoms with Crippen molar-refractivity contribution in [1.29, 1.82) is 0 Å². The molecule has 0 unspecified atom stereocenters. The number of amides is 1. The molecule has 2 aromatic rings. The van der Waals surface area contributed by atoms with Crippen LogP contribution in [0.3, 0.4) is 0 Å². The van der Waals surface area contributed by atoms with Gasteiger partial charge in [0.15, 0.2) is 0 Å². The summed E-state index contributed by atoms with van der Waals surface area (Å²) in [5.41, 5.74) is 0.632. The summed E-state index contributed by atoms with van der Waals surface area (Å²) in [7, 11) is 0. The summed E-state index contributed by atoms with van der Waals surface area (Å²) < 4.78 is 1.79. The summed E-state index contributed by atoms with van der Waals surface area (Å²) >= 11 is 0. The summed E-state index contributed by atoms with van der Waals surface area (Å²) in [6.07, 6.45) is 9.67. The Kier molecular flexibility index (Phi) is 2.98. The van der Waals surface area contributed by atoms with Crippen LogP contribution in [0.1, 0.15) is 25.1 Å². The Morgan fingerprint density at radius 2 is 2.11 bits per heavy atom. The van der Waals surface area contributed by atoms with Gasteiger partial charge in [-0.3, -0.25) is 9.36 Å². The van der Waals surface area contributed by atoms with Gasteiger partial charge in [0.05, 0.1) is 18.1 Å². The van der Waals surface area contributed by atoms with Crippen LogP contribution in [0.2, 0.25) is 0 Å². The van der Waals surface area contributed by atoms with Gasteiger partial charge in [-0.1, -0.05) is 0 Å². The average Bonchev–Trinajstić information content (AvgIpc) is 3.10. The zero-order valence-electron chi connectivity index (χ0n) is 10.7. The largest absolute Gasteiger partial charge is 0.323 e. The van der Waals surface area contributed by atoms with Gasteiger partial charge in [0.25, 0.3) is 0 Å². The van der Waals surface area contributed by atoms with Crippen LogP contribution in [0.15, 0.2) is 24.8 Å². The van der Waals surface area contributed by atoms with Crippen molar-refractivity contribution < 1.29 is 4.79 Å². The molecule has 6 heteroatoms. The fourth-order valence-corrected chi connectivity index (χ4v) is 1.90. The van der Waals surface area contributed by atoms with E-state index in [4.69, 9.17) is 0 Å². The monoisotopic (exact) mass is 257 g/mol. The lowest BCUT2D eigenvalue weighted by molar-refractivity contribution is -0.116. The average molecular weight is 257 g/mol. The highest BCUT2D eigenvalue weighted by Crippen LogP contribution is 2.32. The number of imidazole rings is 1. The molecule has 0 aliphatic heterocycles. The topological polar surface area (TPSA) is 72.7 Å². The minimum atomic E-state index is 0.0395. The van der Waals surface area contributed by atoms with Crippen LogP contribution in [-0.2, 0) is 4.79 Å². The van der Waals surface area contributed by atoms with Gasteiger partial charge in [-0.05, 0) is 25.7 Å². The molecule has 19 heavy (non-hydrogen) atoms. The van der Waals surface area contributed by atoms with Crippen molar-refractivity contribution in [3.63, 3.8) is 0 Å². The first-order valence-electron chi connectivity index (χ1n) is 6.34. The number of hydrogen-bond donors (Lipinski definition) is 1. The Morgan fingerprint density at radius 3 is 2.68 bits per heavy atom. The number of aryl methyl sites for hydroxylation is 1. The van der Waals surface area contributed by atoms with Gasteiger partial charge in [0.1, 0.15) is 5.82 Å². The normalized spacial score (nSPS) is 14.4. The molecule has 1 saturated carbocycles. The van der Waals surface area contributed by atoms with E-state index in [9.17, 15) is 4.79 Å². The molecule has 1 N–H and O–H groups in total. The van der Waals surface area contributed by atoms with Crippen LogP contribution in [0, 0.1) is 12.8 Å². The number of carbonyl (C=O) groups excluding carboxylic acids is 1. The summed E-state index contributed by atoms with van der Waals surface area (Å²) in [5.74, 6) is 1.99. The highest BCUT2D eigenvalue weighted by molar-refractivity contribution is 5.90. The third-order valence-corrected chi connectivity index (χ3v) is 3.13. The van der Waals surface area contributed by atoms with Crippen molar-refractivity contribution in [2.75, 3.05) is 5.32 Å². The van der Waals surface area contributed by atoms with Crippen LogP contribution in [0.25, 0.3) is 5.95 Å². The van der Waals surface area contributed by atoms with Crippen molar-refractivity contribution >= 4 is 11.6 Å². The van der Waals surface area contributed by atoms with E-state index in [1.165, 1.54) is 12.8 Å². The van der Waals surface area contributed by atoms with E-state index in [1.807, 2.05) is 6.92 Å². The van der Waals surface area contributed by atoms with E-state index in [-0.39, 0.29) is 5.91 Å². The SMILES string of the molecule is Cc1nccn1-c1ncc(NC(=O)CC2CC2)cn1. The minimum absolute atomic E-state index is 0.0395. The van der Waals surface area contributed by atoms with Gasteiger partial charge >= 0.3 is 0 Å². The van der Waals surface area contributed by atoms with E-state index >= 15 is 0 Å². The smallest absolute Gasteiger partial charge is 0.235 e. The van der Waals surface area contributed by atoms with E-state index < -0.39 is 0 Å². The third kappa shape index (κ3) is 2.78. The molecule has 0 bridgehead atoms. The molecule has 1 amide bonds. The maximum Gasteiger partial charge on any atom is 0.235 e. The second-order valence-electron chi connectivity index (χ2n) is 4.81. The number of rotatable bonds is 4. The van der Waals surface area contributed by atoms with Crippen molar-refractivity contribution in [2.45, 2.75) is 26.2 Å². The quantitative estimate of drug-likeness (QED) is 0.905. The van der Waals surface area contributed by atoms with E-state index in [0.29, 0.717) is 24.0 Å². The highest BCUT2D eigenvalue weighted by Gasteiger charge is 2.24. The zero-order valence-corrected chi connectivity index (χ0v) is 10.7. The molecular weight excluding hydrogens is 242 g/mol. The standard InChI is InChI=1S/C13H15N5O/c1-9-14-4-5-18(9)13-15-7-11(8-16-13)17-12(19)6-10-2-3-10/h4-5,7-8,10H,2-3,6H2,1H3,(H,17,19). The first-order valence-corrected chi connectivity index (χ1v) is 6.34. The van der Waals surface area contributed by atoms with Crippen LogP contribution in [-0.4, -0.2) is 25.4 Å². The van der Waals surface area contributed by atoms with Crippen molar-refractivity contribution in [2.24, 2.45) is 5.92 Å². The Hall–Kier alpha value is -2.24. The Labute approximate surface area is 110 Å². The predicted octanol–water partition coefficient (Wildman–Crippen LogP) is 1.71. The van der Waals surface area contributed by atoms with E-state index in [0.717, 1.165) is 5.82 Å². The number of carbonyl (C=O) groups is 1. The minimum Gasteiger partial charge on any atom is -0.323 e. The molecule has 0 spiro atoms. The molecule has 2 aromatic heterocycles. The van der Waals surface area contributed by atoms with Gasteiger partial charge in [-0.25, -0.2) is 15.0 Å². The molecule has 0 atom stereocenters. The van der Waals surface area contributed by atoms with Crippen molar-refractivity contribution in [1.82, 2.24) is 19.5 Å². The predicted molar refractivity (Wildman–Crippen MR) is 69.9 cm³/mol. The van der Waals surface area contributed by atoms with Crippen LogP contribution in [0.5, 0.6) is 0 Å². The Balaban J connectivity index is 1.68. The first kappa shape index (κ1) is 11.8. The molecule has 6 nitrogen and oxygen atoms in total. The van der Waals surface area contributed by atoms with Crippen LogP contribution >= 0.6 is 0 Å². The van der Waals surface area contributed by atoms with Gasteiger partial charge in [-0.2, -0.15) is 0 Å². The lowest BCUT2D eigenvalue weighted by atomic mass is 10.3. The molecule has 0 aromatic carbocycles. The number of nitrogens with zero attached hydrogens (tertiary/aromatic N) is 4. The molecule has 98 valence electrons. The second kappa shape index (κ2) is 4.79. The lowest BCUT2D eigenvalue weighted by Gasteiger charge is -2.06. The van der Waals surface area contributed by atoms with Gasteiger partial charge in [-0.15, -0.1) is 0 Å². The Bertz CT molecular complexity index is 585. The summed E-state index contributed by atoms with van der Waals surface area (Å²) in [6, 6.07) is 0. The fourth-order valence-electron chi connectivity index (χ4n) is 1.90. The molecule has 0 radical (unpaired) electrons. The summed E-state index contributed by atoms with van der Waals surface area (Å²) in [5, 5.41) is 2.81. The van der Waals surface area contributed by atoms with E-state index in [1.54, 1.807) is 29.4 Å². The van der Waals surface area contributed by atoms with Crippen LogP contribution in [0.4, 0.5) is 5.69 Å². The summed E-state index contributed by atoms with van der Waals surface area (Å²) in [4.78, 5) is 24.2. The fraction of sp³-hybridized carbons (Fsp3) is 0.385. The number of aromatic nitrogens is 4. The number of anilines is 1. The molecule has 0 saturated heterocycles. The highest BCUT2D eigenvalue weighted by atomic mass is 16.1. The van der Waals surface area contributed by atoms with E-state index in [2.05, 4.69) is 20.3 Å². The lowest BCUT2D eigenvalue weighted by Crippen LogP contribution is -2.13. The number of nitrogens with one attached hydrogen (secondary N) is 1. The van der Waals surface area contributed by atoms with Gasteiger partial charge in [0.2, 0.25) is 11.9 Å². The summed E-state index contributed by atoms with van der Waals surface area (Å²) in [6.45, 7) is 1.88. The molecular formula is C13H15N5O. The van der Waals surface area contributed by atoms with Crippen molar-refractivity contribution in [3.8, 4) is 5.95 Å². The second-order valence-corrected chi connectivity index (χ2v) is 4.81. The first-order chi connectivity index (χ1) is 9.22. The van der Waals surface area contributed by atoms with Gasteiger partial charge < -0.3 is 5.32 Å². The van der Waals surface area contributed by atoms with Crippen molar-refractivity contribution in [3.05, 3.63) is 30.6 Å². The molecule has 1 aliphatic rings. The number of hydrogen-bond acceptors (Lipinski definition) is 4. The molecule has 3 rings (SSSR count). The van der Waals surface area contributed by atoms with Gasteiger partial charge in [0, 0.05) is 18.8 Å². The van der Waals surface area contributed by atoms with Crippen LogP contribution < -0.4 is 5.32 Å².